The summed E-state index contributed by atoms with van der Waals surface area (Å²) >= 11 is 0. The van der Waals surface area contributed by atoms with E-state index in [0.29, 0.717) is 0 Å². The predicted molar refractivity (Wildman–Crippen MR) is 62.2 cm³/mol. The lowest BCUT2D eigenvalue weighted by atomic mass is 10.1. The van der Waals surface area contributed by atoms with Gasteiger partial charge in [0.05, 0.1) is 6.33 Å². The number of halogens is 1. The lowest BCUT2D eigenvalue weighted by Crippen LogP contribution is -2.34. The minimum atomic E-state index is -1.93. The van der Waals surface area contributed by atoms with Crippen molar-refractivity contribution in [1.29, 1.82) is 0 Å². The molecule has 1 saturated heterocycles. The first-order valence-electron chi connectivity index (χ1n) is 5.64. The van der Waals surface area contributed by atoms with E-state index < -0.39 is 30.6 Å². The Kier molecular flexibility index (Phi) is 2.76. The summed E-state index contributed by atoms with van der Waals surface area (Å²) in [6.07, 6.45) is -4.30. The Morgan fingerprint density at radius 2 is 2.20 bits per heavy atom. The van der Waals surface area contributed by atoms with Gasteiger partial charge in [0.1, 0.15) is 17.9 Å². The van der Waals surface area contributed by atoms with Crippen molar-refractivity contribution in [1.82, 2.24) is 19.5 Å². The smallest absolute Gasteiger partial charge is 0.335 e. The van der Waals surface area contributed by atoms with Gasteiger partial charge in [0.15, 0.2) is 30.0 Å². The van der Waals surface area contributed by atoms with Crippen molar-refractivity contribution >= 4 is 23.0 Å². The van der Waals surface area contributed by atoms with Crippen LogP contribution in [0.25, 0.3) is 11.2 Å². The standard InChI is InChI=1S/C10H10FN5O4/c11-3-5(17)6(10(18)19)20-9(3)16-2-15-4-7(12)13-1-14-8(4)16/h1-3,5-6,9,17H,(H,18,19)(H2,12,13,14)/t3?,5-,6?,9?/m0/s1. The van der Waals surface area contributed by atoms with Crippen LogP contribution >= 0.6 is 0 Å². The number of imidazole rings is 1. The number of hydrogen-bond acceptors (Lipinski definition) is 7. The summed E-state index contributed by atoms with van der Waals surface area (Å²) in [6, 6.07) is 0. The Morgan fingerprint density at radius 3 is 2.85 bits per heavy atom. The van der Waals surface area contributed by atoms with Gasteiger partial charge in [-0.3, -0.25) is 4.57 Å². The van der Waals surface area contributed by atoms with Crippen LogP contribution in [0.5, 0.6) is 0 Å². The maximum atomic E-state index is 14.0. The maximum absolute atomic E-state index is 14.0. The van der Waals surface area contributed by atoms with Crippen LogP contribution in [0.3, 0.4) is 0 Å². The summed E-state index contributed by atoms with van der Waals surface area (Å²) in [4.78, 5) is 22.4. The van der Waals surface area contributed by atoms with Crippen molar-refractivity contribution in [3.63, 3.8) is 0 Å². The van der Waals surface area contributed by atoms with Crippen LogP contribution in [0.2, 0.25) is 0 Å². The molecule has 0 saturated carbocycles. The number of ether oxygens (including phenoxy) is 1. The van der Waals surface area contributed by atoms with Crippen molar-refractivity contribution in [3.05, 3.63) is 12.7 Å². The Balaban J connectivity index is 2.04. The van der Waals surface area contributed by atoms with Crippen LogP contribution in [0, 0.1) is 0 Å². The highest BCUT2D eigenvalue weighted by Gasteiger charge is 2.49. The predicted octanol–water partition coefficient (Wildman–Crippen LogP) is -0.910. The molecule has 1 aliphatic heterocycles. The van der Waals surface area contributed by atoms with Gasteiger partial charge in [-0.05, 0) is 0 Å². The molecule has 9 nitrogen and oxygen atoms in total. The van der Waals surface area contributed by atoms with Gasteiger partial charge in [-0.25, -0.2) is 24.1 Å². The van der Waals surface area contributed by atoms with Gasteiger partial charge in [-0.15, -0.1) is 0 Å². The molecule has 10 heteroatoms. The Bertz CT molecular complexity index is 677. The van der Waals surface area contributed by atoms with E-state index in [9.17, 15) is 14.3 Å². The minimum absolute atomic E-state index is 0.109. The summed E-state index contributed by atoms with van der Waals surface area (Å²) < 4.78 is 20.2. The number of nitrogens with two attached hydrogens (primary N) is 1. The maximum Gasteiger partial charge on any atom is 0.335 e. The number of anilines is 1. The highest BCUT2D eigenvalue weighted by molar-refractivity contribution is 5.81. The van der Waals surface area contributed by atoms with E-state index in [-0.39, 0.29) is 17.0 Å². The fourth-order valence-electron chi connectivity index (χ4n) is 2.12. The van der Waals surface area contributed by atoms with E-state index in [2.05, 4.69) is 15.0 Å². The summed E-state index contributed by atoms with van der Waals surface area (Å²) in [6.45, 7) is 0. The molecule has 0 spiro atoms. The SMILES string of the molecule is Nc1ncnc2c1ncn2C1OC(C(=O)O)[C@@H](O)C1F. The summed E-state index contributed by atoms with van der Waals surface area (Å²) in [5.41, 5.74) is 6.05. The molecule has 0 aliphatic carbocycles. The number of carboxylic acids is 1. The zero-order chi connectivity index (χ0) is 14.4. The van der Waals surface area contributed by atoms with E-state index in [4.69, 9.17) is 15.6 Å². The summed E-state index contributed by atoms with van der Waals surface area (Å²) in [5.74, 6) is -1.33. The van der Waals surface area contributed by atoms with Crippen molar-refractivity contribution < 1.29 is 24.1 Å². The topological polar surface area (TPSA) is 136 Å². The molecule has 3 heterocycles. The van der Waals surface area contributed by atoms with Crippen molar-refractivity contribution in [2.75, 3.05) is 5.73 Å². The molecule has 2 aromatic rings. The number of aliphatic hydroxyl groups excluding tert-OH is 1. The van der Waals surface area contributed by atoms with Crippen molar-refractivity contribution in [3.8, 4) is 0 Å². The molecule has 0 amide bonds. The number of carboxylic acid groups (broad SMARTS) is 1. The average molecular weight is 283 g/mol. The lowest BCUT2D eigenvalue weighted by molar-refractivity contribution is -0.155. The molecule has 4 N–H and O–H groups in total. The Hall–Kier alpha value is -2.33. The first-order valence-corrected chi connectivity index (χ1v) is 5.64. The molecule has 4 atom stereocenters. The fraction of sp³-hybridized carbons (Fsp3) is 0.400. The van der Waals surface area contributed by atoms with Gasteiger partial charge in [0, 0.05) is 0 Å². The van der Waals surface area contributed by atoms with Gasteiger partial charge < -0.3 is 20.7 Å². The van der Waals surface area contributed by atoms with E-state index in [1.807, 2.05) is 0 Å². The third-order valence-corrected chi connectivity index (χ3v) is 3.10. The van der Waals surface area contributed by atoms with Crippen LogP contribution in [0.15, 0.2) is 12.7 Å². The van der Waals surface area contributed by atoms with Gasteiger partial charge in [-0.1, -0.05) is 0 Å². The number of nitrogen functional groups attached to an aromatic ring is 1. The highest BCUT2D eigenvalue weighted by atomic mass is 19.1. The number of aromatic nitrogens is 4. The molecule has 1 aliphatic rings. The van der Waals surface area contributed by atoms with Gasteiger partial charge in [0.25, 0.3) is 0 Å². The third-order valence-electron chi connectivity index (χ3n) is 3.10. The van der Waals surface area contributed by atoms with Gasteiger partial charge in [-0.2, -0.15) is 0 Å². The third kappa shape index (κ3) is 1.69. The van der Waals surface area contributed by atoms with Gasteiger partial charge in [0.2, 0.25) is 0 Å². The molecule has 1 fully saturated rings. The number of nitrogens with zero attached hydrogens (tertiary/aromatic N) is 4. The molecule has 0 aromatic carbocycles. The van der Waals surface area contributed by atoms with Crippen LogP contribution in [-0.2, 0) is 9.53 Å². The number of carbonyl (C=O) groups is 1. The molecule has 3 unspecified atom stereocenters. The largest absolute Gasteiger partial charge is 0.479 e. The fourth-order valence-corrected chi connectivity index (χ4v) is 2.12. The zero-order valence-corrected chi connectivity index (χ0v) is 9.92. The number of fused-ring (bicyclic) bond motifs is 1. The number of aliphatic hydroxyl groups is 1. The molecule has 0 radical (unpaired) electrons. The van der Waals surface area contributed by atoms with E-state index >= 15 is 0 Å². The minimum Gasteiger partial charge on any atom is -0.479 e. The highest BCUT2D eigenvalue weighted by Crippen LogP contribution is 2.33. The Morgan fingerprint density at radius 1 is 1.45 bits per heavy atom. The lowest BCUT2D eigenvalue weighted by Gasteiger charge is -2.14. The van der Waals surface area contributed by atoms with Crippen molar-refractivity contribution in [2.45, 2.75) is 24.6 Å². The second-order valence-electron chi connectivity index (χ2n) is 4.30. The van der Waals surface area contributed by atoms with Crippen LogP contribution in [0.1, 0.15) is 6.23 Å². The van der Waals surface area contributed by atoms with Crippen molar-refractivity contribution in [2.24, 2.45) is 0 Å². The monoisotopic (exact) mass is 283 g/mol. The molecule has 3 rings (SSSR count). The summed E-state index contributed by atoms with van der Waals surface area (Å²) in [5, 5.41) is 18.4. The van der Waals surface area contributed by atoms with E-state index in [1.165, 1.54) is 17.2 Å². The van der Waals surface area contributed by atoms with E-state index in [1.54, 1.807) is 0 Å². The quantitative estimate of drug-likeness (QED) is 0.644. The molecule has 20 heavy (non-hydrogen) atoms. The first-order chi connectivity index (χ1) is 9.50. The second-order valence-corrected chi connectivity index (χ2v) is 4.30. The van der Waals surface area contributed by atoms with Crippen LogP contribution < -0.4 is 5.73 Å². The molecule has 2 aromatic heterocycles. The molecular weight excluding hydrogens is 273 g/mol. The molecule has 106 valence electrons. The number of hydrogen-bond donors (Lipinski definition) is 3. The van der Waals surface area contributed by atoms with E-state index in [0.717, 1.165) is 0 Å². The van der Waals surface area contributed by atoms with Crippen LogP contribution in [-0.4, -0.2) is 54.1 Å². The average Bonchev–Trinajstić information content (AvgIpc) is 2.94. The molecular formula is C10H10FN5O4. The second kappa shape index (κ2) is 4.35. The Labute approximate surface area is 110 Å². The number of aliphatic carboxylic acids is 1. The number of alkyl halides is 1. The first kappa shape index (κ1) is 12.7. The normalized spacial score (nSPS) is 29.9. The van der Waals surface area contributed by atoms with Crippen LogP contribution in [0.4, 0.5) is 10.2 Å². The molecule has 0 bridgehead atoms. The summed E-state index contributed by atoms with van der Waals surface area (Å²) in [7, 11) is 0. The number of rotatable bonds is 2. The zero-order valence-electron chi connectivity index (χ0n) is 9.92. The van der Waals surface area contributed by atoms with Gasteiger partial charge >= 0.3 is 5.97 Å².